The highest BCUT2D eigenvalue weighted by molar-refractivity contribution is 5.43. The number of nitrogens with zero attached hydrogens (tertiary/aromatic N) is 3. The van der Waals surface area contributed by atoms with E-state index in [1.807, 2.05) is 12.3 Å². The van der Waals surface area contributed by atoms with Gasteiger partial charge in [0.25, 0.3) is 0 Å². The van der Waals surface area contributed by atoms with Crippen molar-refractivity contribution in [1.29, 1.82) is 0 Å². The van der Waals surface area contributed by atoms with Gasteiger partial charge in [-0.15, -0.1) is 0 Å². The third-order valence-electron chi connectivity index (χ3n) is 5.42. The lowest BCUT2D eigenvalue weighted by Gasteiger charge is -2.29. The molecule has 0 radical (unpaired) electrons. The van der Waals surface area contributed by atoms with Crippen LogP contribution in [0.15, 0.2) is 24.4 Å². The van der Waals surface area contributed by atoms with Gasteiger partial charge in [-0.05, 0) is 37.1 Å². The normalized spacial score (nSPS) is 22.2. The van der Waals surface area contributed by atoms with Gasteiger partial charge < -0.3 is 14.8 Å². The molecule has 26 heavy (non-hydrogen) atoms. The third-order valence-corrected chi connectivity index (χ3v) is 5.42. The van der Waals surface area contributed by atoms with E-state index in [1.54, 1.807) is 0 Å². The molecule has 3 aliphatic heterocycles. The monoisotopic (exact) mass is 352 g/mol. The topological polar surface area (TPSA) is 59.5 Å². The Balaban J connectivity index is 1.28. The van der Waals surface area contributed by atoms with Crippen LogP contribution in [0.25, 0.3) is 0 Å². The predicted molar refractivity (Wildman–Crippen MR) is 97.3 cm³/mol. The summed E-state index contributed by atoms with van der Waals surface area (Å²) < 4.78 is 11.3. The summed E-state index contributed by atoms with van der Waals surface area (Å²) in [6.07, 6.45) is 5.39. The van der Waals surface area contributed by atoms with Crippen molar-refractivity contribution in [3.63, 3.8) is 0 Å². The Morgan fingerprint density at radius 1 is 1.19 bits per heavy atom. The molecular weight excluding hydrogens is 328 g/mol. The molecule has 1 aromatic carbocycles. The first kappa shape index (κ1) is 16.0. The minimum absolute atomic E-state index is 0.344. The van der Waals surface area contributed by atoms with Gasteiger partial charge in [0.2, 0.25) is 0 Å². The van der Waals surface area contributed by atoms with Crippen molar-refractivity contribution in [3.8, 4) is 11.5 Å². The molecule has 3 aliphatic rings. The predicted octanol–water partition coefficient (Wildman–Crippen LogP) is 2.23. The fraction of sp³-hybridized carbons (Fsp3) is 0.500. The van der Waals surface area contributed by atoms with Gasteiger partial charge >= 0.3 is 0 Å². The van der Waals surface area contributed by atoms with E-state index in [1.165, 1.54) is 23.2 Å². The van der Waals surface area contributed by atoms with Crippen molar-refractivity contribution >= 4 is 0 Å². The SMILES string of the molecule is c1cc2c(cc1CN1CCc3nc([C@H]4CCCN4)ncc3C1)OCCO2. The molecule has 0 amide bonds. The Bertz CT molecular complexity index is 804. The van der Waals surface area contributed by atoms with E-state index in [-0.39, 0.29) is 0 Å². The lowest BCUT2D eigenvalue weighted by molar-refractivity contribution is 0.171. The number of aromatic nitrogens is 2. The standard InChI is InChI=1S/C20H24N4O2/c1-2-17(21-6-1)20-22-11-15-13-24(7-5-16(15)23-20)12-14-3-4-18-19(10-14)26-9-8-25-18/h3-4,10-11,17,21H,1-2,5-9,12-13H2/t17-/m1/s1. The summed E-state index contributed by atoms with van der Waals surface area (Å²) in [5, 5.41) is 3.49. The molecule has 136 valence electrons. The number of hydrogen-bond acceptors (Lipinski definition) is 6. The van der Waals surface area contributed by atoms with Gasteiger partial charge in [-0.1, -0.05) is 6.07 Å². The Morgan fingerprint density at radius 2 is 2.12 bits per heavy atom. The molecule has 0 unspecified atom stereocenters. The Labute approximate surface area is 153 Å². The fourth-order valence-electron chi connectivity index (χ4n) is 4.04. The van der Waals surface area contributed by atoms with E-state index in [0.717, 1.165) is 56.3 Å². The van der Waals surface area contributed by atoms with Gasteiger partial charge in [0.1, 0.15) is 19.0 Å². The smallest absolute Gasteiger partial charge is 0.161 e. The largest absolute Gasteiger partial charge is 0.486 e. The minimum Gasteiger partial charge on any atom is -0.486 e. The molecule has 6 heteroatoms. The molecule has 1 N–H and O–H groups in total. The molecular formula is C20H24N4O2. The average molecular weight is 352 g/mol. The minimum atomic E-state index is 0.344. The van der Waals surface area contributed by atoms with Crippen LogP contribution in [0.5, 0.6) is 11.5 Å². The first-order chi connectivity index (χ1) is 12.8. The lowest BCUT2D eigenvalue weighted by atomic mass is 10.1. The zero-order valence-corrected chi connectivity index (χ0v) is 14.9. The van der Waals surface area contributed by atoms with E-state index >= 15 is 0 Å². The molecule has 1 aromatic heterocycles. The summed E-state index contributed by atoms with van der Waals surface area (Å²) in [5.74, 6) is 2.69. The maximum absolute atomic E-state index is 5.70. The molecule has 1 fully saturated rings. The molecule has 1 atom stereocenters. The number of ether oxygens (including phenoxy) is 2. The van der Waals surface area contributed by atoms with E-state index in [0.29, 0.717) is 19.3 Å². The quantitative estimate of drug-likeness (QED) is 0.914. The molecule has 0 spiro atoms. The number of nitrogens with one attached hydrogen (secondary N) is 1. The van der Waals surface area contributed by atoms with E-state index in [2.05, 4.69) is 27.3 Å². The summed E-state index contributed by atoms with van der Waals surface area (Å²) in [7, 11) is 0. The van der Waals surface area contributed by atoms with Crippen molar-refractivity contribution in [3.05, 3.63) is 47.0 Å². The van der Waals surface area contributed by atoms with Crippen LogP contribution in [0.4, 0.5) is 0 Å². The fourth-order valence-corrected chi connectivity index (χ4v) is 4.04. The van der Waals surface area contributed by atoms with Crippen LogP contribution in [0, 0.1) is 0 Å². The summed E-state index contributed by atoms with van der Waals surface area (Å²) >= 11 is 0. The second kappa shape index (κ2) is 6.85. The van der Waals surface area contributed by atoms with Gasteiger partial charge in [0, 0.05) is 43.5 Å². The van der Waals surface area contributed by atoms with Crippen molar-refractivity contribution in [2.24, 2.45) is 0 Å². The van der Waals surface area contributed by atoms with Gasteiger partial charge in [-0.3, -0.25) is 4.90 Å². The number of hydrogen-bond donors (Lipinski definition) is 1. The summed E-state index contributed by atoms with van der Waals surface area (Å²) in [6, 6.07) is 6.60. The third kappa shape index (κ3) is 3.15. The van der Waals surface area contributed by atoms with Gasteiger partial charge in [-0.2, -0.15) is 0 Å². The van der Waals surface area contributed by atoms with Crippen molar-refractivity contribution in [2.45, 2.75) is 38.4 Å². The van der Waals surface area contributed by atoms with Gasteiger partial charge in [0.05, 0.1) is 6.04 Å². The zero-order valence-electron chi connectivity index (χ0n) is 14.9. The summed E-state index contributed by atoms with van der Waals surface area (Å²) in [6.45, 7) is 5.17. The number of rotatable bonds is 3. The van der Waals surface area contributed by atoms with E-state index in [4.69, 9.17) is 14.5 Å². The van der Waals surface area contributed by atoms with Crippen molar-refractivity contribution in [1.82, 2.24) is 20.2 Å². The number of fused-ring (bicyclic) bond motifs is 2. The zero-order chi connectivity index (χ0) is 17.3. The second-order valence-corrected chi connectivity index (χ2v) is 7.29. The van der Waals surface area contributed by atoms with Crippen LogP contribution in [-0.4, -0.2) is 41.2 Å². The number of benzene rings is 1. The van der Waals surface area contributed by atoms with Gasteiger partial charge in [0.15, 0.2) is 11.5 Å². The molecule has 6 nitrogen and oxygen atoms in total. The second-order valence-electron chi connectivity index (χ2n) is 7.29. The van der Waals surface area contributed by atoms with E-state index in [9.17, 15) is 0 Å². The van der Waals surface area contributed by atoms with Crippen molar-refractivity contribution < 1.29 is 9.47 Å². The first-order valence-corrected chi connectivity index (χ1v) is 9.54. The molecule has 0 bridgehead atoms. The molecule has 0 aliphatic carbocycles. The highest BCUT2D eigenvalue weighted by Crippen LogP contribution is 2.31. The molecule has 2 aromatic rings. The molecule has 0 saturated carbocycles. The van der Waals surface area contributed by atoms with Crippen LogP contribution >= 0.6 is 0 Å². The average Bonchev–Trinajstić information content (AvgIpc) is 3.22. The Kier molecular flexibility index (Phi) is 4.22. The maximum Gasteiger partial charge on any atom is 0.161 e. The Hall–Kier alpha value is -2.18. The van der Waals surface area contributed by atoms with Crippen molar-refractivity contribution in [2.75, 3.05) is 26.3 Å². The van der Waals surface area contributed by atoms with Crippen LogP contribution in [0.1, 0.15) is 41.5 Å². The van der Waals surface area contributed by atoms with E-state index < -0.39 is 0 Å². The summed E-state index contributed by atoms with van der Waals surface area (Å²) in [5.41, 5.74) is 3.74. The maximum atomic E-state index is 5.70. The highest BCUT2D eigenvalue weighted by atomic mass is 16.6. The van der Waals surface area contributed by atoms with Crippen LogP contribution < -0.4 is 14.8 Å². The van der Waals surface area contributed by atoms with Crippen LogP contribution in [0.3, 0.4) is 0 Å². The van der Waals surface area contributed by atoms with Crippen LogP contribution in [0.2, 0.25) is 0 Å². The highest BCUT2D eigenvalue weighted by Gasteiger charge is 2.23. The molecule has 4 heterocycles. The summed E-state index contributed by atoms with van der Waals surface area (Å²) in [4.78, 5) is 11.9. The molecule has 5 rings (SSSR count). The lowest BCUT2D eigenvalue weighted by Crippen LogP contribution is -2.31. The van der Waals surface area contributed by atoms with Crippen LogP contribution in [-0.2, 0) is 19.5 Å². The Morgan fingerprint density at radius 3 is 3.00 bits per heavy atom. The molecule has 1 saturated heterocycles. The first-order valence-electron chi connectivity index (χ1n) is 9.54. The van der Waals surface area contributed by atoms with Gasteiger partial charge in [-0.25, -0.2) is 9.97 Å².